The molecule has 0 atom stereocenters. The maximum Gasteiger partial charge on any atom is 0.224 e. The van der Waals surface area contributed by atoms with Crippen molar-refractivity contribution in [1.29, 1.82) is 0 Å². The Bertz CT molecular complexity index is 670. The Morgan fingerprint density at radius 2 is 2.09 bits per heavy atom. The van der Waals surface area contributed by atoms with Gasteiger partial charge in [0.2, 0.25) is 5.91 Å². The molecule has 1 aliphatic rings. The number of piperidine rings is 1. The normalized spacial score (nSPS) is 15.8. The highest BCUT2D eigenvalue weighted by Gasteiger charge is 2.22. The monoisotopic (exact) mass is 315 g/mol. The SMILES string of the molecule is COCCC(=O)N1CCC(Nc2ccc3nccnc3n2)CC1. The Balaban J connectivity index is 1.54. The number of fused-ring (bicyclic) bond motifs is 1. The number of anilines is 1. The molecule has 0 aliphatic carbocycles. The highest BCUT2D eigenvalue weighted by Crippen LogP contribution is 2.17. The number of hydrogen-bond acceptors (Lipinski definition) is 6. The van der Waals surface area contributed by atoms with E-state index in [2.05, 4.69) is 20.3 Å². The zero-order valence-corrected chi connectivity index (χ0v) is 13.2. The van der Waals surface area contributed by atoms with Crippen LogP contribution in [-0.4, -0.2) is 58.6 Å². The number of carbonyl (C=O) groups is 1. The van der Waals surface area contributed by atoms with E-state index in [0.29, 0.717) is 24.7 Å². The van der Waals surface area contributed by atoms with Gasteiger partial charge in [-0.05, 0) is 25.0 Å². The Labute approximate surface area is 135 Å². The number of amides is 1. The van der Waals surface area contributed by atoms with Crippen molar-refractivity contribution in [3.05, 3.63) is 24.5 Å². The summed E-state index contributed by atoms with van der Waals surface area (Å²) in [6.45, 7) is 2.03. The molecule has 0 bridgehead atoms. The predicted octanol–water partition coefficient (Wildman–Crippen LogP) is 1.46. The van der Waals surface area contributed by atoms with Gasteiger partial charge >= 0.3 is 0 Å². The van der Waals surface area contributed by atoms with Crippen molar-refractivity contribution in [3.8, 4) is 0 Å². The van der Waals surface area contributed by atoms with E-state index in [1.54, 1.807) is 19.5 Å². The minimum absolute atomic E-state index is 0.171. The molecule has 3 rings (SSSR count). The lowest BCUT2D eigenvalue weighted by molar-refractivity contribution is -0.133. The van der Waals surface area contributed by atoms with Gasteiger partial charge in [-0.1, -0.05) is 0 Å². The molecule has 1 N–H and O–H groups in total. The van der Waals surface area contributed by atoms with Crippen molar-refractivity contribution in [2.45, 2.75) is 25.3 Å². The summed E-state index contributed by atoms with van der Waals surface area (Å²) < 4.78 is 4.96. The standard InChI is InChI=1S/C16H21N5O2/c1-23-11-6-15(22)21-9-4-12(5-10-21)19-14-3-2-13-16(20-14)18-8-7-17-13/h2-3,7-8,12H,4-6,9-11H2,1H3,(H,18,19,20). The number of nitrogens with zero attached hydrogens (tertiary/aromatic N) is 4. The third kappa shape index (κ3) is 3.92. The first-order valence-corrected chi connectivity index (χ1v) is 7.87. The van der Waals surface area contributed by atoms with Crippen molar-refractivity contribution < 1.29 is 9.53 Å². The summed E-state index contributed by atoms with van der Waals surface area (Å²) in [5.74, 6) is 0.978. The quantitative estimate of drug-likeness (QED) is 0.900. The topological polar surface area (TPSA) is 80.2 Å². The van der Waals surface area contributed by atoms with Gasteiger partial charge in [0.25, 0.3) is 0 Å². The van der Waals surface area contributed by atoms with E-state index in [-0.39, 0.29) is 5.91 Å². The van der Waals surface area contributed by atoms with E-state index in [1.165, 1.54) is 0 Å². The molecular weight excluding hydrogens is 294 g/mol. The van der Waals surface area contributed by atoms with Crippen molar-refractivity contribution in [3.63, 3.8) is 0 Å². The number of hydrogen-bond donors (Lipinski definition) is 1. The largest absolute Gasteiger partial charge is 0.384 e. The molecule has 23 heavy (non-hydrogen) atoms. The number of ether oxygens (including phenoxy) is 1. The first-order valence-electron chi connectivity index (χ1n) is 7.87. The van der Waals surface area contributed by atoms with Crippen LogP contribution in [0.1, 0.15) is 19.3 Å². The van der Waals surface area contributed by atoms with Gasteiger partial charge in [-0.15, -0.1) is 0 Å². The molecule has 3 heterocycles. The maximum atomic E-state index is 12.0. The molecule has 7 nitrogen and oxygen atoms in total. The van der Waals surface area contributed by atoms with Crippen LogP contribution >= 0.6 is 0 Å². The third-order valence-electron chi connectivity index (χ3n) is 4.05. The number of aromatic nitrogens is 3. The molecule has 122 valence electrons. The summed E-state index contributed by atoms with van der Waals surface area (Å²) in [7, 11) is 1.62. The van der Waals surface area contributed by atoms with Crippen LogP contribution in [0.2, 0.25) is 0 Å². The minimum atomic E-state index is 0.171. The second-order valence-electron chi connectivity index (χ2n) is 5.64. The summed E-state index contributed by atoms with van der Waals surface area (Å²) in [6.07, 6.45) is 5.59. The number of carbonyl (C=O) groups excluding carboxylic acids is 1. The Morgan fingerprint density at radius 1 is 1.30 bits per heavy atom. The summed E-state index contributed by atoms with van der Waals surface area (Å²) >= 11 is 0. The number of rotatable bonds is 5. The fourth-order valence-corrected chi connectivity index (χ4v) is 2.76. The van der Waals surface area contributed by atoms with Gasteiger partial charge in [0.15, 0.2) is 5.65 Å². The molecule has 0 unspecified atom stereocenters. The molecule has 0 aromatic carbocycles. The smallest absolute Gasteiger partial charge is 0.224 e. The highest BCUT2D eigenvalue weighted by atomic mass is 16.5. The minimum Gasteiger partial charge on any atom is -0.384 e. The fraction of sp³-hybridized carbons (Fsp3) is 0.500. The van der Waals surface area contributed by atoms with Crippen LogP contribution in [0.4, 0.5) is 5.82 Å². The second-order valence-corrected chi connectivity index (χ2v) is 5.64. The van der Waals surface area contributed by atoms with Crippen LogP contribution in [-0.2, 0) is 9.53 Å². The number of nitrogens with one attached hydrogen (secondary N) is 1. The predicted molar refractivity (Wildman–Crippen MR) is 87.1 cm³/mol. The molecular formula is C16H21N5O2. The molecule has 0 spiro atoms. The molecule has 1 aliphatic heterocycles. The van der Waals surface area contributed by atoms with Gasteiger partial charge in [-0.3, -0.25) is 9.78 Å². The van der Waals surface area contributed by atoms with Crippen LogP contribution < -0.4 is 5.32 Å². The molecule has 0 radical (unpaired) electrons. The average molecular weight is 315 g/mol. The molecule has 2 aromatic heterocycles. The fourth-order valence-electron chi connectivity index (χ4n) is 2.76. The van der Waals surface area contributed by atoms with E-state index in [4.69, 9.17) is 4.74 Å². The van der Waals surface area contributed by atoms with Crippen molar-refractivity contribution in [1.82, 2.24) is 19.9 Å². The van der Waals surface area contributed by atoms with Gasteiger partial charge in [0.05, 0.1) is 13.0 Å². The van der Waals surface area contributed by atoms with Gasteiger partial charge in [-0.25, -0.2) is 9.97 Å². The zero-order valence-electron chi connectivity index (χ0n) is 13.2. The van der Waals surface area contributed by atoms with Gasteiger partial charge in [-0.2, -0.15) is 0 Å². The summed E-state index contributed by atoms with van der Waals surface area (Å²) in [4.78, 5) is 26.8. The number of likely N-dealkylation sites (tertiary alicyclic amines) is 1. The zero-order chi connectivity index (χ0) is 16.1. The van der Waals surface area contributed by atoms with Crippen molar-refractivity contribution in [2.75, 3.05) is 32.1 Å². The lowest BCUT2D eigenvalue weighted by Gasteiger charge is -2.32. The average Bonchev–Trinajstić information content (AvgIpc) is 2.60. The Hall–Kier alpha value is -2.28. The molecule has 2 aromatic rings. The lowest BCUT2D eigenvalue weighted by Crippen LogP contribution is -2.42. The van der Waals surface area contributed by atoms with Crippen LogP contribution in [0.15, 0.2) is 24.5 Å². The summed E-state index contributed by atoms with van der Waals surface area (Å²) in [5.41, 5.74) is 1.43. The molecule has 1 amide bonds. The molecule has 1 fully saturated rings. The van der Waals surface area contributed by atoms with Crippen molar-refractivity contribution >= 4 is 22.9 Å². The maximum absolute atomic E-state index is 12.0. The van der Waals surface area contributed by atoms with Gasteiger partial charge < -0.3 is 15.0 Å². The van der Waals surface area contributed by atoms with E-state index >= 15 is 0 Å². The highest BCUT2D eigenvalue weighted by molar-refractivity contribution is 5.76. The van der Waals surface area contributed by atoms with E-state index in [9.17, 15) is 4.79 Å². The summed E-state index contributed by atoms with van der Waals surface area (Å²) in [5, 5.41) is 3.43. The third-order valence-corrected chi connectivity index (χ3v) is 4.05. The van der Waals surface area contributed by atoms with E-state index in [0.717, 1.165) is 37.3 Å². The number of pyridine rings is 1. The summed E-state index contributed by atoms with van der Waals surface area (Å²) in [6, 6.07) is 4.16. The van der Waals surface area contributed by atoms with Crippen LogP contribution in [0.5, 0.6) is 0 Å². The van der Waals surface area contributed by atoms with E-state index in [1.807, 2.05) is 17.0 Å². The van der Waals surface area contributed by atoms with Crippen molar-refractivity contribution in [2.24, 2.45) is 0 Å². The van der Waals surface area contributed by atoms with Gasteiger partial charge in [0, 0.05) is 38.6 Å². The second kappa shape index (κ2) is 7.32. The molecule has 7 heteroatoms. The Kier molecular flexibility index (Phi) is 4.97. The lowest BCUT2D eigenvalue weighted by atomic mass is 10.0. The molecule has 1 saturated heterocycles. The van der Waals surface area contributed by atoms with Gasteiger partial charge in [0.1, 0.15) is 11.3 Å². The molecule has 0 saturated carbocycles. The van der Waals surface area contributed by atoms with Crippen LogP contribution in [0, 0.1) is 0 Å². The van der Waals surface area contributed by atoms with Crippen LogP contribution in [0.25, 0.3) is 11.2 Å². The first kappa shape index (κ1) is 15.6. The Morgan fingerprint density at radius 3 is 2.87 bits per heavy atom. The van der Waals surface area contributed by atoms with Crippen LogP contribution in [0.3, 0.4) is 0 Å². The first-order chi connectivity index (χ1) is 11.3. The number of methoxy groups -OCH3 is 1. The van der Waals surface area contributed by atoms with E-state index < -0.39 is 0 Å².